The zero-order chi connectivity index (χ0) is 58.4. The van der Waals surface area contributed by atoms with Gasteiger partial charge in [-0.25, -0.2) is 24.7 Å². The molecule has 20 nitrogen and oxygen atoms in total. The summed E-state index contributed by atoms with van der Waals surface area (Å²) in [6.45, 7) is 28.0. The number of aromatic nitrogens is 8. The van der Waals surface area contributed by atoms with E-state index in [0.29, 0.717) is 69.8 Å². The molecule has 4 saturated heterocycles. The van der Waals surface area contributed by atoms with Gasteiger partial charge in [0.1, 0.15) is 5.60 Å². The molecular weight excluding hydrogens is 1050 g/mol. The summed E-state index contributed by atoms with van der Waals surface area (Å²) in [6, 6.07) is 16.9. The van der Waals surface area contributed by atoms with E-state index in [1.807, 2.05) is 107 Å². The average molecular weight is 1130 g/mol. The van der Waals surface area contributed by atoms with Gasteiger partial charge in [0.25, 0.3) is 0 Å². The van der Waals surface area contributed by atoms with Crippen molar-refractivity contribution in [2.24, 2.45) is 0 Å². The topological polar surface area (TPSA) is 217 Å². The lowest BCUT2D eigenvalue weighted by Gasteiger charge is -2.42. The summed E-state index contributed by atoms with van der Waals surface area (Å²) in [5, 5.41) is 12.1. The molecule has 0 atom stereocenters. The van der Waals surface area contributed by atoms with Crippen LogP contribution in [0.25, 0.3) is 22.5 Å². The van der Waals surface area contributed by atoms with Gasteiger partial charge < -0.3 is 44.9 Å². The van der Waals surface area contributed by atoms with Gasteiger partial charge in [0.2, 0.25) is 23.0 Å². The quantitative estimate of drug-likeness (QED) is 0.0972. The number of likely N-dealkylation sites (tertiary alicyclic amines) is 4. The van der Waals surface area contributed by atoms with Gasteiger partial charge in [0.15, 0.2) is 0 Å². The fourth-order valence-corrected chi connectivity index (χ4v) is 9.94. The third-order valence-electron chi connectivity index (χ3n) is 14.0. The number of benzene rings is 2. The molecule has 4 aliphatic heterocycles. The van der Waals surface area contributed by atoms with E-state index in [1.165, 1.54) is 11.1 Å². The minimum Gasteiger partial charge on any atom is -0.444 e. The largest absolute Gasteiger partial charge is 0.444 e. The maximum atomic E-state index is 12.6. The minimum atomic E-state index is -0.446. The van der Waals surface area contributed by atoms with E-state index in [4.69, 9.17) is 36.5 Å². The number of nitrogens with one attached hydrogen (secondary N) is 1. The highest BCUT2D eigenvalue weighted by atomic mass is 35.5. The van der Waals surface area contributed by atoms with Crippen molar-refractivity contribution in [3.05, 3.63) is 113 Å². The molecule has 2 aromatic carbocycles. The Bertz CT molecular complexity index is 3120. The number of ether oxygens (including phenoxy) is 3. The first kappa shape index (κ1) is 60.1. The maximum absolute atomic E-state index is 12.6. The second-order valence-electron chi connectivity index (χ2n) is 24.6. The number of anilines is 3. The van der Waals surface area contributed by atoms with Crippen molar-refractivity contribution in [3.8, 4) is 22.5 Å². The van der Waals surface area contributed by atoms with Crippen molar-refractivity contribution in [1.29, 1.82) is 0 Å². The van der Waals surface area contributed by atoms with Crippen molar-refractivity contribution in [2.75, 3.05) is 70.5 Å². The second kappa shape index (κ2) is 25.4. The fraction of sp³-hybridized carbons (Fsp3) is 0.517. The van der Waals surface area contributed by atoms with E-state index >= 15 is 0 Å². The lowest BCUT2D eigenvalue weighted by molar-refractivity contribution is -0.157. The van der Waals surface area contributed by atoms with Crippen molar-refractivity contribution in [2.45, 2.75) is 143 Å². The minimum absolute atomic E-state index is 0.151. The standard InChI is InChI=1S/C28H37N7O2.C21H26ClN3O2.C11H18N4O2/c1-19-12-21(7-6-20(19)8-9-26(36)34-17-24(18-34)37-28(2,3)4)25-10-11-29-27(32-25)31-22-13-30-35(14-22)23-15-33(5)16-23;1-14-11-16(18-9-10-23-20(22)24-18)6-5-15(14)7-8-19(26)25-12-17(13-25)27-21(2,3)4;1-11(2,3)17-10(16)14-6-9(7-14)15-5-8(12)4-13-15/h6-7,10-14,23-24H,8-9,15-18H2,1-5H3,(H,29,31,32);5-6,9-11,17H,7-8,12-13H2,1-4H3;4-5,9H,6-7,12H2,1-3H3. The van der Waals surface area contributed by atoms with E-state index in [2.05, 4.69) is 86.6 Å². The molecule has 0 spiro atoms. The molecule has 6 aromatic rings. The van der Waals surface area contributed by atoms with Crippen LogP contribution in [-0.2, 0) is 36.6 Å². The number of aryl methyl sites for hydroxylation is 4. The Morgan fingerprint density at radius 3 is 1.59 bits per heavy atom. The van der Waals surface area contributed by atoms with Crippen LogP contribution in [0.2, 0.25) is 5.28 Å². The van der Waals surface area contributed by atoms with Crippen molar-refractivity contribution in [3.63, 3.8) is 0 Å². The summed E-state index contributed by atoms with van der Waals surface area (Å²) >= 11 is 5.87. The van der Waals surface area contributed by atoms with E-state index in [0.717, 1.165) is 65.3 Å². The van der Waals surface area contributed by atoms with Gasteiger partial charge in [-0.05, 0) is 154 Å². The molecule has 0 aliphatic carbocycles. The average Bonchev–Trinajstić information content (AvgIpc) is 4.17. The summed E-state index contributed by atoms with van der Waals surface area (Å²) in [6.07, 6.45) is 13.1. The predicted octanol–water partition coefficient (Wildman–Crippen LogP) is 9.16. The molecule has 4 fully saturated rings. The Balaban J connectivity index is 0.000000171. The number of nitrogen functional groups attached to an aromatic ring is 1. The first-order chi connectivity index (χ1) is 38.2. The number of carbonyl (C=O) groups is 3. The Morgan fingerprint density at radius 2 is 1.12 bits per heavy atom. The molecule has 434 valence electrons. The van der Waals surface area contributed by atoms with E-state index in [1.54, 1.807) is 34.4 Å². The van der Waals surface area contributed by atoms with Gasteiger partial charge >= 0.3 is 6.09 Å². The Morgan fingerprint density at radius 1 is 0.630 bits per heavy atom. The predicted molar refractivity (Wildman–Crippen MR) is 314 cm³/mol. The summed E-state index contributed by atoms with van der Waals surface area (Å²) in [5.74, 6) is 0.921. The zero-order valence-corrected chi connectivity index (χ0v) is 49.9. The summed E-state index contributed by atoms with van der Waals surface area (Å²) in [7, 11) is 2.11. The first-order valence-electron chi connectivity index (χ1n) is 27.9. The number of hydrogen-bond donors (Lipinski definition) is 2. The number of nitrogens with zero attached hydrogens (tertiary/aromatic N) is 12. The molecule has 10 rings (SSSR count). The number of hydrogen-bond acceptors (Lipinski definition) is 15. The lowest BCUT2D eigenvalue weighted by Crippen LogP contribution is -2.56. The van der Waals surface area contributed by atoms with Crippen LogP contribution in [0.15, 0.2) is 85.7 Å². The van der Waals surface area contributed by atoms with Crippen LogP contribution < -0.4 is 11.1 Å². The molecule has 0 radical (unpaired) electrons. The van der Waals surface area contributed by atoms with Crippen LogP contribution in [0.1, 0.15) is 109 Å². The zero-order valence-electron chi connectivity index (χ0n) is 49.1. The first-order valence-corrected chi connectivity index (χ1v) is 28.3. The molecule has 8 heterocycles. The maximum Gasteiger partial charge on any atom is 0.410 e. The summed E-state index contributed by atoms with van der Waals surface area (Å²) < 4.78 is 20.9. The number of nitrogens with two attached hydrogens (primary N) is 1. The SMILES string of the molecule is CC(C)(C)OC(=O)N1CC(n2cc(N)cn2)C1.Cc1cc(-c2ccnc(Cl)n2)ccc1CCC(=O)N1CC(OC(C)(C)C)C1.Cc1cc(-c2ccnc(Nc3cnn(C4CN(C)C4)c3)n2)ccc1CCC(=O)N1CC(OC(C)(C)C)C1. The van der Waals surface area contributed by atoms with Crippen molar-refractivity contribution in [1.82, 2.24) is 59.1 Å². The lowest BCUT2D eigenvalue weighted by atomic mass is 9.99. The third kappa shape index (κ3) is 17.3. The van der Waals surface area contributed by atoms with Gasteiger partial charge in [0, 0.05) is 101 Å². The summed E-state index contributed by atoms with van der Waals surface area (Å²) in [4.78, 5) is 61.6. The Hall–Kier alpha value is -7.00. The third-order valence-corrected chi connectivity index (χ3v) is 14.2. The van der Waals surface area contributed by atoms with Crippen LogP contribution in [0, 0.1) is 13.8 Å². The van der Waals surface area contributed by atoms with Crippen molar-refractivity contribution >= 4 is 46.8 Å². The molecule has 21 heteroatoms. The fourth-order valence-electron chi connectivity index (χ4n) is 9.79. The van der Waals surface area contributed by atoms with Crippen molar-refractivity contribution < 1.29 is 28.6 Å². The number of amides is 3. The smallest absolute Gasteiger partial charge is 0.410 e. The van der Waals surface area contributed by atoms with Crippen LogP contribution in [0.3, 0.4) is 0 Å². The van der Waals surface area contributed by atoms with Crippen LogP contribution in [0.4, 0.5) is 22.1 Å². The Labute approximate surface area is 481 Å². The number of carbonyl (C=O) groups excluding carboxylic acids is 3. The van der Waals surface area contributed by atoms with Gasteiger partial charge in [-0.3, -0.25) is 19.0 Å². The molecule has 4 aromatic heterocycles. The molecule has 4 aliphatic rings. The number of halogens is 1. The molecular formula is C60H81ClN14O6. The normalized spacial score (nSPS) is 16.2. The highest BCUT2D eigenvalue weighted by Gasteiger charge is 2.37. The van der Waals surface area contributed by atoms with Crippen LogP contribution >= 0.6 is 11.6 Å². The molecule has 3 amide bonds. The number of likely N-dealkylation sites (N-methyl/N-ethyl adjacent to an activating group) is 1. The van der Waals surface area contributed by atoms with Gasteiger partial charge in [0.05, 0.1) is 70.7 Å². The molecule has 0 unspecified atom stereocenters. The molecule has 0 bridgehead atoms. The van der Waals surface area contributed by atoms with Gasteiger partial charge in [-0.2, -0.15) is 10.2 Å². The molecule has 0 saturated carbocycles. The van der Waals surface area contributed by atoms with E-state index in [9.17, 15) is 14.4 Å². The van der Waals surface area contributed by atoms with Gasteiger partial charge in [-0.1, -0.05) is 24.3 Å². The molecule has 81 heavy (non-hydrogen) atoms. The van der Waals surface area contributed by atoms with Gasteiger partial charge in [-0.15, -0.1) is 0 Å². The monoisotopic (exact) mass is 1130 g/mol. The Kier molecular flexibility index (Phi) is 18.9. The highest BCUT2D eigenvalue weighted by Crippen LogP contribution is 2.29. The summed E-state index contributed by atoms with van der Waals surface area (Å²) in [5.41, 5.74) is 14.6. The van der Waals surface area contributed by atoms with Crippen LogP contribution in [-0.4, -0.2) is 165 Å². The number of rotatable bonds is 14. The highest BCUT2D eigenvalue weighted by molar-refractivity contribution is 6.28. The second-order valence-corrected chi connectivity index (χ2v) is 24.9. The van der Waals surface area contributed by atoms with E-state index < -0.39 is 5.60 Å². The van der Waals surface area contributed by atoms with E-state index in [-0.39, 0.29) is 52.6 Å². The molecule has 3 N–H and O–H groups in total. The van der Waals surface area contributed by atoms with Crippen LogP contribution in [0.5, 0.6) is 0 Å².